The summed E-state index contributed by atoms with van der Waals surface area (Å²) < 4.78 is 19.0. The minimum absolute atomic E-state index is 0.0863. The number of thiazole rings is 1. The molecule has 0 unspecified atom stereocenters. The second kappa shape index (κ2) is 8.53. The van der Waals surface area contributed by atoms with Crippen molar-refractivity contribution in [3.63, 3.8) is 0 Å². The molecule has 0 spiro atoms. The van der Waals surface area contributed by atoms with Crippen LogP contribution in [0.25, 0.3) is 22.7 Å². The zero-order valence-electron chi connectivity index (χ0n) is 20.3. The predicted octanol–water partition coefficient (Wildman–Crippen LogP) is 5.43. The molecule has 37 heavy (non-hydrogen) atoms. The zero-order valence-corrected chi connectivity index (χ0v) is 21.1. The molecule has 0 saturated heterocycles. The molecule has 182 valence electrons. The van der Waals surface area contributed by atoms with Gasteiger partial charge in [-0.15, -0.1) is 0 Å². The first-order chi connectivity index (χ1) is 18.1. The summed E-state index contributed by atoms with van der Waals surface area (Å²) in [5.41, 5.74) is 7.21. The molecule has 1 aliphatic carbocycles. The lowest BCUT2D eigenvalue weighted by molar-refractivity contribution is 0.574. The van der Waals surface area contributed by atoms with Crippen molar-refractivity contribution in [3.8, 4) is 0 Å². The Morgan fingerprint density at radius 2 is 1.89 bits per heavy atom. The maximum Gasteiger partial charge on any atom is 0.271 e. The van der Waals surface area contributed by atoms with Gasteiger partial charge in [0.05, 0.1) is 16.3 Å². The number of halogens is 1. The van der Waals surface area contributed by atoms with E-state index < -0.39 is 0 Å². The van der Waals surface area contributed by atoms with Gasteiger partial charge in [0.25, 0.3) is 5.56 Å². The Bertz CT molecular complexity index is 1920. The maximum atomic E-state index is 14.4. The van der Waals surface area contributed by atoms with Crippen LogP contribution in [0.4, 0.5) is 4.39 Å². The summed E-state index contributed by atoms with van der Waals surface area (Å²) in [5, 5.41) is 1.12. The molecule has 0 amide bonds. The van der Waals surface area contributed by atoms with Crippen molar-refractivity contribution < 1.29 is 4.39 Å². The van der Waals surface area contributed by atoms with Gasteiger partial charge in [0, 0.05) is 34.8 Å². The van der Waals surface area contributed by atoms with E-state index in [0.717, 1.165) is 58.2 Å². The Labute approximate surface area is 217 Å². The molecule has 1 atom stereocenters. The van der Waals surface area contributed by atoms with E-state index in [1.807, 2.05) is 30.3 Å². The van der Waals surface area contributed by atoms with Crippen LogP contribution in [-0.4, -0.2) is 9.13 Å². The molecule has 5 aromatic rings. The highest BCUT2D eigenvalue weighted by Crippen LogP contribution is 2.41. The lowest BCUT2D eigenvalue weighted by atomic mass is 9.83. The topological polar surface area (TPSA) is 39.3 Å². The molecule has 3 heterocycles. The van der Waals surface area contributed by atoms with Crippen molar-refractivity contribution in [2.75, 3.05) is 0 Å². The maximum absolute atomic E-state index is 14.4. The molecule has 0 saturated carbocycles. The Hall–Kier alpha value is -4.03. The largest absolute Gasteiger partial charge is 0.347 e. The molecular weight excluding hydrogens is 481 g/mol. The number of allylic oxidation sites excluding steroid dienone is 1. The summed E-state index contributed by atoms with van der Waals surface area (Å²) in [7, 11) is 0. The first-order valence-corrected chi connectivity index (χ1v) is 13.4. The van der Waals surface area contributed by atoms with E-state index in [1.54, 1.807) is 16.7 Å². The average Bonchev–Trinajstić information content (AvgIpc) is 3.44. The highest BCUT2D eigenvalue weighted by atomic mass is 32.1. The van der Waals surface area contributed by atoms with Crippen LogP contribution in [0.5, 0.6) is 0 Å². The number of para-hydroxylation sites is 1. The number of benzene rings is 3. The summed E-state index contributed by atoms with van der Waals surface area (Å²) >= 11 is 1.41. The van der Waals surface area contributed by atoms with Gasteiger partial charge in [0.1, 0.15) is 5.82 Å². The average molecular weight is 506 g/mol. The third kappa shape index (κ3) is 3.47. The summed E-state index contributed by atoms with van der Waals surface area (Å²) in [5.74, 6) is -0.303. The number of aromatic nitrogens is 2. The quantitative estimate of drug-likeness (QED) is 0.322. The molecule has 0 fully saturated rings. The van der Waals surface area contributed by atoms with E-state index in [1.165, 1.54) is 23.0 Å². The molecule has 2 aliphatic rings. The van der Waals surface area contributed by atoms with Gasteiger partial charge in [-0.2, -0.15) is 0 Å². The monoisotopic (exact) mass is 505 g/mol. The van der Waals surface area contributed by atoms with Crippen molar-refractivity contribution in [2.45, 2.75) is 32.4 Å². The highest BCUT2D eigenvalue weighted by Gasteiger charge is 2.32. The normalized spacial score (nSPS) is 16.9. The van der Waals surface area contributed by atoms with Gasteiger partial charge in [-0.3, -0.25) is 9.36 Å². The molecule has 0 radical (unpaired) electrons. The van der Waals surface area contributed by atoms with E-state index in [-0.39, 0.29) is 17.4 Å². The molecular formula is C31H24FN3OS. The van der Waals surface area contributed by atoms with Gasteiger partial charge in [0.15, 0.2) is 4.80 Å². The number of hydrogen-bond acceptors (Lipinski definition) is 3. The van der Waals surface area contributed by atoms with Crippen LogP contribution >= 0.6 is 11.3 Å². The fourth-order valence-electron chi connectivity index (χ4n) is 5.79. The van der Waals surface area contributed by atoms with E-state index in [0.29, 0.717) is 9.33 Å². The molecule has 3 aromatic carbocycles. The van der Waals surface area contributed by atoms with Crippen LogP contribution in [0.1, 0.15) is 41.6 Å². The van der Waals surface area contributed by atoms with Gasteiger partial charge >= 0.3 is 0 Å². The van der Waals surface area contributed by atoms with Crippen LogP contribution in [0.15, 0.2) is 94.4 Å². The molecule has 0 N–H and O–H groups in total. The zero-order chi connectivity index (χ0) is 25.1. The molecule has 4 nitrogen and oxygen atoms in total. The smallest absolute Gasteiger partial charge is 0.271 e. The van der Waals surface area contributed by atoms with Gasteiger partial charge in [0.2, 0.25) is 0 Å². The first kappa shape index (κ1) is 22.2. The van der Waals surface area contributed by atoms with Gasteiger partial charge in [-0.1, -0.05) is 65.9 Å². The molecule has 2 aromatic heterocycles. The summed E-state index contributed by atoms with van der Waals surface area (Å²) in [6.07, 6.45) is 5.74. The van der Waals surface area contributed by atoms with Crippen LogP contribution in [0.2, 0.25) is 0 Å². The Kier molecular flexibility index (Phi) is 5.11. The van der Waals surface area contributed by atoms with Crippen molar-refractivity contribution in [3.05, 3.63) is 132 Å². The Balaban J connectivity index is 1.50. The standard InChI is InChI=1S/C31H24FN3OS/c1-2-34-18-21(23-11-5-6-13-26(23)34)17-27-30(36)35-29(20-9-7-10-22(32)16-20)25-15-14-19-8-3-4-12-24(19)28(25)33-31(35)37-27/h3-13,16-18,29H,2,14-15H2,1H3/t29-/m1/s1. The van der Waals surface area contributed by atoms with Crippen LogP contribution < -0.4 is 14.9 Å². The fourth-order valence-corrected chi connectivity index (χ4v) is 6.78. The number of rotatable bonds is 3. The van der Waals surface area contributed by atoms with Gasteiger partial charge in [-0.25, -0.2) is 9.38 Å². The second-order valence-corrected chi connectivity index (χ2v) is 10.6. The summed E-state index contributed by atoms with van der Waals surface area (Å²) in [6.45, 7) is 2.97. The van der Waals surface area contributed by atoms with Crippen molar-refractivity contribution in [1.29, 1.82) is 0 Å². The van der Waals surface area contributed by atoms with E-state index in [9.17, 15) is 9.18 Å². The van der Waals surface area contributed by atoms with Gasteiger partial charge in [-0.05, 0) is 60.7 Å². The molecule has 6 heteroatoms. The van der Waals surface area contributed by atoms with Crippen LogP contribution in [-0.2, 0) is 13.0 Å². The fraction of sp³-hybridized carbons (Fsp3) is 0.161. The van der Waals surface area contributed by atoms with Gasteiger partial charge < -0.3 is 4.57 Å². The van der Waals surface area contributed by atoms with Crippen LogP contribution in [0, 0.1) is 5.82 Å². The van der Waals surface area contributed by atoms with Crippen molar-refractivity contribution in [1.82, 2.24) is 9.13 Å². The van der Waals surface area contributed by atoms with E-state index in [2.05, 4.69) is 48.0 Å². The lowest BCUT2D eigenvalue weighted by Gasteiger charge is -2.30. The third-order valence-corrected chi connectivity index (χ3v) is 8.47. The predicted molar refractivity (Wildman–Crippen MR) is 147 cm³/mol. The molecule has 7 rings (SSSR count). The summed E-state index contributed by atoms with van der Waals surface area (Å²) in [6, 6.07) is 22.8. The highest BCUT2D eigenvalue weighted by molar-refractivity contribution is 7.07. The number of hydrogen-bond donors (Lipinski definition) is 0. The molecule has 0 bridgehead atoms. The van der Waals surface area contributed by atoms with Crippen molar-refractivity contribution >= 4 is 34.0 Å². The van der Waals surface area contributed by atoms with E-state index in [4.69, 9.17) is 4.99 Å². The second-order valence-electron chi connectivity index (χ2n) is 9.56. The summed E-state index contributed by atoms with van der Waals surface area (Å²) in [4.78, 5) is 19.7. The van der Waals surface area contributed by atoms with Crippen LogP contribution in [0.3, 0.4) is 0 Å². The number of nitrogens with zero attached hydrogens (tertiary/aromatic N) is 3. The lowest BCUT2D eigenvalue weighted by Crippen LogP contribution is -2.38. The minimum Gasteiger partial charge on any atom is -0.347 e. The first-order valence-electron chi connectivity index (χ1n) is 12.6. The third-order valence-electron chi connectivity index (χ3n) is 7.48. The van der Waals surface area contributed by atoms with E-state index >= 15 is 0 Å². The van der Waals surface area contributed by atoms with Crippen molar-refractivity contribution in [2.24, 2.45) is 4.99 Å². The number of fused-ring (bicyclic) bond motifs is 4. The minimum atomic E-state index is -0.380. The number of aryl methyl sites for hydroxylation is 2. The molecule has 1 aliphatic heterocycles. The Morgan fingerprint density at radius 3 is 2.76 bits per heavy atom. The SMILES string of the molecule is CCn1cc(C=c2sc3n(c2=O)[C@H](c2cccc(F)c2)C2=C(N=3)c3ccccc3CC2)c2ccccc21. The Morgan fingerprint density at radius 1 is 1.05 bits per heavy atom.